The third-order valence-electron chi connectivity index (χ3n) is 6.48. The van der Waals surface area contributed by atoms with Crippen LogP contribution in [0.2, 0.25) is 0 Å². The highest BCUT2D eigenvalue weighted by molar-refractivity contribution is 6.10. The molecule has 1 aromatic carbocycles. The normalized spacial score (nSPS) is 32.4. The Balaban J connectivity index is 1.39. The summed E-state index contributed by atoms with van der Waals surface area (Å²) in [6, 6.07) is 7.51. The van der Waals surface area contributed by atoms with Gasteiger partial charge in [-0.2, -0.15) is 0 Å². The molecule has 0 saturated heterocycles. The molecule has 1 amide bonds. The van der Waals surface area contributed by atoms with Gasteiger partial charge in [0.15, 0.2) is 6.17 Å². The molecular formula is C24H31N7O2. The van der Waals surface area contributed by atoms with Crippen LogP contribution in [0, 0.1) is 17.8 Å². The Labute approximate surface area is 194 Å². The fourth-order valence-corrected chi connectivity index (χ4v) is 5.06. The van der Waals surface area contributed by atoms with E-state index in [1.54, 1.807) is 11.2 Å². The lowest BCUT2D eigenvalue weighted by atomic mass is 9.88. The van der Waals surface area contributed by atoms with Crippen LogP contribution in [0.1, 0.15) is 20.3 Å². The van der Waals surface area contributed by atoms with Crippen molar-refractivity contribution in [1.82, 2.24) is 15.5 Å². The van der Waals surface area contributed by atoms with Crippen molar-refractivity contribution in [2.24, 2.45) is 32.7 Å². The Kier molecular flexibility index (Phi) is 5.55. The van der Waals surface area contributed by atoms with E-state index < -0.39 is 0 Å². The molecule has 0 radical (unpaired) electrons. The number of aliphatic imine (C=N–C) groups is 3. The number of allylic oxidation sites excluding steroid dienone is 1. The van der Waals surface area contributed by atoms with Gasteiger partial charge in [0.25, 0.3) is 0 Å². The number of amides is 1. The second kappa shape index (κ2) is 8.53. The highest BCUT2D eigenvalue weighted by Crippen LogP contribution is 2.46. The van der Waals surface area contributed by atoms with Crippen LogP contribution in [0.5, 0.6) is 5.75 Å². The first-order valence-electron chi connectivity index (χ1n) is 11.5. The van der Waals surface area contributed by atoms with Crippen LogP contribution in [0.3, 0.4) is 0 Å². The number of fused-ring (bicyclic) bond motifs is 3. The summed E-state index contributed by atoms with van der Waals surface area (Å²) in [4.78, 5) is 28.9. The molecule has 33 heavy (non-hydrogen) atoms. The average Bonchev–Trinajstić information content (AvgIpc) is 3.49. The molecule has 0 aromatic heterocycles. The van der Waals surface area contributed by atoms with Crippen LogP contribution in [-0.4, -0.2) is 67.4 Å². The number of nitrogens with zero attached hydrogens (tertiary/aromatic N) is 4. The molecule has 174 valence electrons. The van der Waals surface area contributed by atoms with Gasteiger partial charge in [-0.25, -0.2) is 9.98 Å². The number of carbonyl (C=O) groups is 1. The van der Waals surface area contributed by atoms with Crippen LogP contribution in [0.15, 0.2) is 51.4 Å². The van der Waals surface area contributed by atoms with E-state index in [1.165, 1.54) is 0 Å². The number of guanidine groups is 1. The lowest BCUT2D eigenvalue weighted by Gasteiger charge is -2.31. The Bertz CT molecular complexity index is 1050. The summed E-state index contributed by atoms with van der Waals surface area (Å²) >= 11 is 0. The van der Waals surface area contributed by atoms with Gasteiger partial charge in [-0.1, -0.05) is 18.2 Å². The molecule has 5 rings (SSSR count). The number of benzene rings is 1. The van der Waals surface area contributed by atoms with E-state index in [2.05, 4.69) is 33.1 Å². The van der Waals surface area contributed by atoms with E-state index in [0.29, 0.717) is 5.96 Å². The zero-order valence-corrected chi connectivity index (χ0v) is 19.4. The smallest absolute Gasteiger partial charge is 0.227 e. The third-order valence-corrected chi connectivity index (χ3v) is 6.48. The van der Waals surface area contributed by atoms with Crippen LogP contribution in [0.4, 0.5) is 5.69 Å². The molecule has 2 aliphatic heterocycles. The van der Waals surface area contributed by atoms with E-state index in [-0.39, 0.29) is 48.0 Å². The summed E-state index contributed by atoms with van der Waals surface area (Å²) in [6.07, 6.45) is 6.84. The minimum absolute atomic E-state index is 0.0948. The van der Waals surface area contributed by atoms with Crippen molar-refractivity contribution in [3.05, 3.63) is 36.4 Å². The summed E-state index contributed by atoms with van der Waals surface area (Å²) in [5.74, 6) is 2.65. The van der Waals surface area contributed by atoms with Crippen molar-refractivity contribution in [3.8, 4) is 5.75 Å². The zero-order valence-electron chi connectivity index (χ0n) is 19.4. The summed E-state index contributed by atoms with van der Waals surface area (Å²) < 4.78 is 5.81. The fraction of sp³-hybridized carbons (Fsp3) is 0.500. The Morgan fingerprint density at radius 2 is 2.09 bits per heavy atom. The molecule has 0 spiro atoms. The summed E-state index contributed by atoms with van der Waals surface area (Å²) in [7, 11) is 3.63. The van der Waals surface area contributed by atoms with Gasteiger partial charge in [0.05, 0.1) is 24.4 Å². The predicted molar refractivity (Wildman–Crippen MR) is 130 cm³/mol. The second-order valence-electron chi connectivity index (χ2n) is 9.47. The van der Waals surface area contributed by atoms with Crippen LogP contribution in [-0.2, 0) is 4.79 Å². The second-order valence-corrected chi connectivity index (χ2v) is 9.47. The fourth-order valence-electron chi connectivity index (χ4n) is 5.06. The predicted octanol–water partition coefficient (Wildman–Crippen LogP) is 1.85. The number of anilines is 1. The maximum Gasteiger partial charge on any atom is 0.227 e. The molecule has 4 aliphatic rings. The summed E-state index contributed by atoms with van der Waals surface area (Å²) in [5.41, 5.74) is 0.857. The lowest BCUT2D eigenvalue weighted by molar-refractivity contribution is -0.134. The molecule has 1 fully saturated rings. The molecule has 6 atom stereocenters. The number of amidine groups is 1. The van der Waals surface area contributed by atoms with Gasteiger partial charge in [0, 0.05) is 31.8 Å². The summed E-state index contributed by atoms with van der Waals surface area (Å²) in [5, 5.41) is 9.96. The van der Waals surface area contributed by atoms with Gasteiger partial charge in [-0.3, -0.25) is 9.79 Å². The Morgan fingerprint density at radius 3 is 2.88 bits per heavy atom. The molecule has 2 heterocycles. The molecule has 2 bridgehead atoms. The van der Waals surface area contributed by atoms with Crippen molar-refractivity contribution in [1.29, 1.82) is 0 Å². The number of rotatable bonds is 5. The average molecular weight is 450 g/mol. The number of carbonyl (C=O) groups excluding carboxylic acids is 1. The molecule has 3 N–H and O–H groups in total. The molecule has 9 nitrogen and oxygen atoms in total. The molecular weight excluding hydrogens is 418 g/mol. The molecule has 9 heteroatoms. The topological polar surface area (TPSA) is 103 Å². The number of hydrogen-bond acceptors (Lipinski definition) is 7. The van der Waals surface area contributed by atoms with Gasteiger partial charge in [0.2, 0.25) is 11.9 Å². The highest BCUT2D eigenvalue weighted by atomic mass is 16.5. The van der Waals surface area contributed by atoms with Gasteiger partial charge < -0.3 is 25.6 Å². The first-order chi connectivity index (χ1) is 15.9. The van der Waals surface area contributed by atoms with Crippen LogP contribution < -0.4 is 20.7 Å². The van der Waals surface area contributed by atoms with Gasteiger partial charge >= 0.3 is 0 Å². The monoisotopic (exact) mass is 449 g/mol. The first-order valence-corrected chi connectivity index (χ1v) is 11.5. The van der Waals surface area contributed by atoms with Gasteiger partial charge in [-0.15, -0.1) is 0 Å². The quantitative estimate of drug-likeness (QED) is 0.596. The van der Waals surface area contributed by atoms with E-state index in [9.17, 15) is 4.79 Å². The Hall–Kier alpha value is -3.36. The minimum Gasteiger partial charge on any atom is -0.491 e. The van der Waals surface area contributed by atoms with Crippen molar-refractivity contribution < 1.29 is 9.53 Å². The maximum absolute atomic E-state index is 12.9. The van der Waals surface area contributed by atoms with Crippen LogP contribution in [0.25, 0.3) is 0 Å². The van der Waals surface area contributed by atoms with Crippen molar-refractivity contribution in [3.63, 3.8) is 0 Å². The standard InChI is InChI=1S/C24H31N7O2/c1-13(2)33-17-7-5-6-16(11-17)27-24-29-21-20(25-12-26-21)22(30-24)28-19-15-9-8-14(10-15)18(19)23(32)31(3)4/h5-9,11-15,18-21H,10H2,1-4H3,(H,25,26)(H2,27,28,29,30). The molecule has 2 aliphatic carbocycles. The van der Waals surface area contributed by atoms with E-state index in [0.717, 1.165) is 23.7 Å². The zero-order chi connectivity index (χ0) is 23.1. The van der Waals surface area contributed by atoms with Gasteiger partial charge in [0.1, 0.15) is 17.6 Å². The van der Waals surface area contributed by atoms with Crippen molar-refractivity contribution >= 4 is 29.7 Å². The maximum atomic E-state index is 12.9. The largest absolute Gasteiger partial charge is 0.491 e. The molecule has 1 saturated carbocycles. The number of nitrogens with one attached hydrogen (secondary N) is 3. The third kappa shape index (κ3) is 4.19. The van der Waals surface area contributed by atoms with E-state index in [4.69, 9.17) is 14.7 Å². The van der Waals surface area contributed by atoms with E-state index in [1.807, 2.05) is 52.2 Å². The summed E-state index contributed by atoms with van der Waals surface area (Å²) in [6.45, 7) is 4.00. The number of hydrogen-bond donors (Lipinski definition) is 3. The Morgan fingerprint density at radius 1 is 1.27 bits per heavy atom. The first kappa shape index (κ1) is 21.5. The van der Waals surface area contributed by atoms with Crippen LogP contribution >= 0.6 is 0 Å². The van der Waals surface area contributed by atoms with Gasteiger partial charge in [-0.05, 0) is 38.3 Å². The minimum atomic E-state index is -0.306. The molecule has 6 unspecified atom stereocenters. The van der Waals surface area contributed by atoms with E-state index >= 15 is 0 Å². The number of ether oxygens (including phenoxy) is 1. The molecule has 1 aromatic rings. The lowest BCUT2D eigenvalue weighted by Crippen LogP contribution is -2.55. The van der Waals surface area contributed by atoms with Crippen molar-refractivity contribution in [2.75, 3.05) is 19.4 Å². The van der Waals surface area contributed by atoms with Crippen molar-refractivity contribution in [2.45, 2.75) is 44.6 Å². The SMILES string of the molecule is CC(C)Oc1cccc(NC2=NC3N=CNC3C(=NC3C4C=CC(C4)C3C(=O)N(C)C)N2)c1. The highest BCUT2D eigenvalue weighted by Gasteiger charge is 2.49.